The first-order valence-electron chi connectivity index (χ1n) is 37.8. The Labute approximate surface area is 722 Å². The second-order valence-electron chi connectivity index (χ2n) is 27.4. The van der Waals surface area contributed by atoms with Gasteiger partial charge in [-0.05, 0) is 248 Å². The van der Waals surface area contributed by atoms with Gasteiger partial charge >= 0.3 is 17.9 Å². The molecule has 0 bridgehead atoms. The lowest BCUT2D eigenvalue weighted by atomic mass is 10.1. The standard InChI is InChI=1S/C25H28ClN3O4S.C17H20ClN3O3S.C15H16ClN3O3S.C12H14BrClO.C6H4BrClO.C6H11Br/c1-3-32-25(30)23-24(29(28-27-23)15-17-8-10-19(31-2)11-9-17)34-22-14-20(12-13-21(22)26)33-16-18-6-4-5-7-18;1-2-23-17(22)15-16(20-21-19-15)25-14-9-12(7-8-13(14)18)24-10-11-5-3-4-6-11;16-11-6-5-10(22-8-9-3-1-2-4-9)7-12(11)23-14-13(15(20)21)17-19-18-14;13-11-7-10(5-6-12(11)14)15-8-9-3-1-2-4-9;7-5-3-4(9)1-2-6(5)8;7-5-6-3-1-2-4-6/h8-14,18H,3-7,15-16H2,1-2H3;7-9,11H,2-6,10H2,1H3,(H,19,20,21);5-7,9H,1-4,8H2,(H,20,21)(H,17,18,19);5-7,9H,1-4,8H2;1-3,9H;6H,1-5H2. The Balaban J connectivity index is 0.000000166. The molecule has 0 radical (unpaired) electrons. The third-order valence-electron chi connectivity index (χ3n) is 19.0. The maximum atomic E-state index is 12.6. The molecule has 0 spiro atoms. The molecule has 6 aromatic carbocycles. The van der Waals surface area contributed by atoms with Crippen LogP contribution in [-0.4, -0.2) is 126 Å². The van der Waals surface area contributed by atoms with Crippen LogP contribution in [0.5, 0.6) is 34.5 Å². The second-order valence-corrected chi connectivity index (χ2v) is 34.8. The Kier molecular flexibility index (Phi) is 39.0. The Morgan fingerprint density at radius 2 is 0.832 bits per heavy atom. The molecule has 5 saturated carbocycles. The molecule has 3 aromatic heterocycles. The van der Waals surface area contributed by atoms with Crippen molar-refractivity contribution in [3.05, 3.63) is 172 Å². The summed E-state index contributed by atoms with van der Waals surface area (Å²) in [6.45, 7) is 7.43. The number of phenolic OH excluding ortho intramolecular Hbond substituents is 1. The highest BCUT2D eigenvalue weighted by atomic mass is 79.9. The number of aromatic amines is 2. The maximum absolute atomic E-state index is 12.6. The molecule has 32 heteroatoms. The Morgan fingerprint density at radius 3 is 1.21 bits per heavy atom. The summed E-state index contributed by atoms with van der Waals surface area (Å²) in [6.07, 6.45) is 26.2. The number of ether oxygens (including phenoxy) is 7. The number of methoxy groups -OCH3 is 1. The van der Waals surface area contributed by atoms with Gasteiger partial charge in [0.2, 0.25) is 17.1 Å². The number of alkyl halides is 1. The molecule has 9 aromatic rings. The zero-order valence-electron chi connectivity index (χ0n) is 63.0. The molecule has 5 fully saturated rings. The van der Waals surface area contributed by atoms with Gasteiger partial charge in [-0.2, -0.15) is 10.4 Å². The number of aromatic carboxylic acids is 1. The number of carboxylic acids is 1. The van der Waals surface area contributed by atoms with Crippen LogP contribution in [0, 0.1) is 29.6 Å². The van der Waals surface area contributed by atoms with E-state index in [4.69, 9.17) is 101 Å². The Morgan fingerprint density at radius 1 is 0.469 bits per heavy atom. The topological polar surface area (TPSA) is 270 Å². The molecule has 5 aliphatic carbocycles. The third kappa shape index (κ3) is 30.1. The fourth-order valence-corrected chi connectivity index (χ4v) is 17.9. The van der Waals surface area contributed by atoms with E-state index in [2.05, 4.69) is 88.9 Å². The van der Waals surface area contributed by atoms with Crippen molar-refractivity contribution in [2.24, 2.45) is 29.6 Å². The van der Waals surface area contributed by atoms with Crippen molar-refractivity contribution < 1.29 is 57.8 Å². The number of phenols is 1. The zero-order valence-corrected chi connectivity index (χ0v) is 74.0. The molecular weight excluding hydrogens is 1800 g/mol. The summed E-state index contributed by atoms with van der Waals surface area (Å²) < 4.78 is 42.3. The molecule has 0 saturated heterocycles. The van der Waals surface area contributed by atoms with Gasteiger partial charge in [0.25, 0.3) is 0 Å². The highest BCUT2D eigenvalue weighted by Gasteiger charge is 2.27. The lowest BCUT2D eigenvalue weighted by Crippen LogP contribution is -2.09. The second kappa shape index (κ2) is 48.6. The van der Waals surface area contributed by atoms with Crippen molar-refractivity contribution in [2.75, 3.05) is 52.1 Å². The van der Waals surface area contributed by atoms with Crippen molar-refractivity contribution in [3.63, 3.8) is 0 Å². The van der Waals surface area contributed by atoms with Crippen LogP contribution in [0.1, 0.15) is 179 Å². The highest BCUT2D eigenvalue weighted by molar-refractivity contribution is 9.11. The van der Waals surface area contributed by atoms with Gasteiger partial charge < -0.3 is 43.4 Å². The summed E-state index contributed by atoms with van der Waals surface area (Å²) in [7, 11) is 1.63. The maximum Gasteiger partial charge on any atom is 0.361 e. The minimum absolute atomic E-state index is 0.122. The van der Waals surface area contributed by atoms with E-state index in [9.17, 15) is 14.4 Å². The number of H-pyrrole nitrogens is 2. The van der Waals surface area contributed by atoms with Gasteiger partial charge in [0.05, 0.1) is 78.4 Å². The number of carboxylic acid groups (broad SMARTS) is 1. The van der Waals surface area contributed by atoms with Gasteiger partial charge in [-0.15, -0.1) is 25.5 Å². The van der Waals surface area contributed by atoms with Crippen molar-refractivity contribution in [1.29, 1.82) is 0 Å². The van der Waals surface area contributed by atoms with Crippen LogP contribution in [0.2, 0.25) is 25.1 Å². The zero-order chi connectivity index (χ0) is 80.4. The smallest absolute Gasteiger partial charge is 0.361 e. The van der Waals surface area contributed by atoms with E-state index in [1.807, 2.05) is 84.9 Å². The third-order valence-corrected chi connectivity index (χ3v) is 26.9. The number of carbonyl (C=O) groups excluding carboxylic acids is 2. The molecule has 113 heavy (non-hydrogen) atoms. The number of benzene rings is 6. The van der Waals surface area contributed by atoms with Crippen LogP contribution in [-0.2, 0) is 16.0 Å². The van der Waals surface area contributed by atoms with Crippen molar-refractivity contribution in [2.45, 2.75) is 179 Å². The van der Waals surface area contributed by atoms with Gasteiger partial charge in [-0.25, -0.2) is 19.1 Å². The SMILES string of the molecule is BrCC1CCCC1.CCOC(=O)c1n[nH]nc1Sc1cc(OCC2CCCC2)ccc1Cl.CCOC(=O)c1nnn(Cc2ccc(OC)cc2)c1Sc1cc(OCC2CCCC2)ccc1Cl.Clc1ccc(OCC2CCCC2)cc1Br.O=C(O)c1n[nH]nc1Sc1cc(OCC2CCCC2)ccc1Cl.Oc1ccc(Cl)c(Br)c1. The van der Waals surface area contributed by atoms with Crippen LogP contribution in [0.3, 0.4) is 0 Å². The summed E-state index contributed by atoms with van der Waals surface area (Å²) in [5.41, 5.74) is 1.18. The summed E-state index contributed by atoms with van der Waals surface area (Å²) in [6, 6.07) is 34.6. The number of nitrogens with one attached hydrogen (secondary N) is 2. The van der Waals surface area contributed by atoms with Gasteiger partial charge in [0.1, 0.15) is 39.5 Å². The van der Waals surface area contributed by atoms with Gasteiger partial charge in [0.15, 0.2) is 10.1 Å². The molecule has 0 unspecified atom stereocenters. The number of hydrogen-bond donors (Lipinski definition) is 4. The van der Waals surface area contributed by atoms with Gasteiger partial charge in [0, 0.05) is 29.0 Å². The molecule has 0 amide bonds. The summed E-state index contributed by atoms with van der Waals surface area (Å²) >= 11 is 44.3. The molecule has 3 heterocycles. The van der Waals surface area contributed by atoms with Crippen LogP contribution < -0.4 is 23.7 Å². The van der Waals surface area contributed by atoms with E-state index in [0.717, 1.165) is 90.4 Å². The number of rotatable bonds is 27. The van der Waals surface area contributed by atoms with E-state index in [1.54, 1.807) is 49.9 Å². The molecule has 14 rings (SSSR count). The first kappa shape index (κ1) is 90.8. The number of aromatic hydroxyl groups is 1. The molecule has 4 N–H and O–H groups in total. The first-order chi connectivity index (χ1) is 54.8. The highest BCUT2D eigenvalue weighted by Crippen LogP contribution is 2.42. The predicted molar refractivity (Wildman–Crippen MR) is 456 cm³/mol. The average Bonchev–Trinajstić information content (AvgIpc) is 1.72. The first-order valence-corrected chi connectivity index (χ1v) is 44.8. The largest absolute Gasteiger partial charge is 0.508 e. The van der Waals surface area contributed by atoms with Crippen molar-refractivity contribution in [1.82, 2.24) is 45.8 Å². The lowest BCUT2D eigenvalue weighted by molar-refractivity contribution is 0.0505. The molecule has 0 aliphatic heterocycles. The summed E-state index contributed by atoms with van der Waals surface area (Å²) in [5.74, 6) is 5.60. The van der Waals surface area contributed by atoms with Gasteiger partial charge in [-0.1, -0.05) is 191 Å². The van der Waals surface area contributed by atoms with Crippen LogP contribution in [0.4, 0.5) is 0 Å². The minimum Gasteiger partial charge on any atom is -0.508 e. The quantitative estimate of drug-likeness (QED) is 0.0275. The normalized spacial score (nSPS) is 14.9. The van der Waals surface area contributed by atoms with Crippen LogP contribution >= 0.6 is 141 Å². The molecule has 608 valence electrons. The molecular formula is C81H93Br3Cl5N9O12S3. The fraction of sp³-hybridized carbons (Fsp3) is 0.444. The summed E-state index contributed by atoms with van der Waals surface area (Å²) in [5, 5.41) is 51.9. The summed E-state index contributed by atoms with van der Waals surface area (Å²) in [4.78, 5) is 37.8. The monoisotopic (exact) mass is 1890 g/mol. The molecule has 5 aliphatic rings. The number of halogens is 8. The average molecular weight is 1900 g/mol. The van der Waals surface area contributed by atoms with Crippen LogP contribution in [0.25, 0.3) is 0 Å². The molecule has 0 atom stereocenters. The number of hydrogen-bond acceptors (Lipinski definition) is 20. The Bertz CT molecular complexity index is 4450. The predicted octanol–water partition coefficient (Wildman–Crippen LogP) is 24.2. The lowest BCUT2D eigenvalue weighted by Gasteiger charge is -2.13. The van der Waals surface area contributed by atoms with E-state index in [1.165, 1.54) is 163 Å². The molecule has 21 nitrogen and oxygen atoms in total. The van der Waals surface area contributed by atoms with E-state index in [0.29, 0.717) is 77.0 Å². The Hall–Kier alpha value is -6.11. The van der Waals surface area contributed by atoms with E-state index in [-0.39, 0.29) is 41.1 Å². The van der Waals surface area contributed by atoms with E-state index < -0.39 is 17.9 Å². The number of aromatic nitrogens is 9. The number of carbonyl (C=O) groups is 3. The number of nitrogens with zero attached hydrogens (tertiary/aromatic N) is 7. The van der Waals surface area contributed by atoms with Gasteiger partial charge in [-0.3, -0.25) is 0 Å². The number of esters is 2. The van der Waals surface area contributed by atoms with Crippen molar-refractivity contribution in [3.8, 4) is 34.5 Å². The minimum atomic E-state index is -1.13. The van der Waals surface area contributed by atoms with Crippen molar-refractivity contribution >= 4 is 159 Å². The fourth-order valence-electron chi connectivity index (χ4n) is 12.8. The van der Waals surface area contributed by atoms with E-state index >= 15 is 0 Å². The van der Waals surface area contributed by atoms with Crippen LogP contribution in [0.15, 0.2) is 154 Å².